The molecule has 0 bridgehead atoms. The Balaban J connectivity index is 2.45. The van der Waals surface area contributed by atoms with Crippen LogP contribution in [0.3, 0.4) is 0 Å². The zero-order valence-corrected chi connectivity index (χ0v) is 11.3. The summed E-state index contributed by atoms with van der Waals surface area (Å²) in [6.45, 7) is 6.44. The third-order valence-corrected chi connectivity index (χ3v) is 3.47. The summed E-state index contributed by atoms with van der Waals surface area (Å²) < 4.78 is 0. The van der Waals surface area contributed by atoms with Crippen LogP contribution in [0.15, 0.2) is 42.5 Å². The maximum atomic E-state index is 6.17. The smallest absolute Gasteiger partial charge is 0.0441 e. The van der Waals surface area contributed by atoms with Crippen molar-refractivity contribution >= 4 is 11.6 Å². The van der Waals surface area contributed by atoms with Crippen LogP contribution in [-0.4, -0.2) is 0 Å². The molecule has 0 saturated carbocycles. The third kappa shape index (κ3) is 2.70. The van der Waals surface area contributed by atoms with E-state index in [0.717, 1.165) is 10.6 Å². The first kappa shape index (κ1) is 12.2. The van der Waals surface area contributed by atoms with Gasteiger partial charge in [-0.05, 0) is 41.2 Å². The van der Waals surface area contributed by atoms with E-state index >= 15 is 0 Å². The summed E-state index contributed by atoms with van der Waals surface area (Å²) in [4.78, 5) is 0. The Morgan fingerprint density at radius 2 is 1.65 bits per heavy atom. The van der Waals surface area contributed by atoms with Gasteiger partial charge in [0.25, 0.3) is 0 Å². The minimum Gasteiger partial charge on any atom is -0.0840 e. The molecule has 0 N–H and O–H groups in total. The minimum absolute atomic E-state index is 0.552. The second kappa shape index (κ2) is 4.93. The highest BCUT2D eigenvalue weighted by Crippen LogP contribution is 2.27. The fourth-order valence-corrected chi connectivity index (χ4v) is 2.03. The number of hydrogen-bond acceptors (Lipinski definition) is 0. The summed E-state index contributed by atoms with van der Waals surface area (Å²) >= 11 is 6.17. The molecule has 0 spiro atoms. The van der Waals surface area contributed by atoms with Crippen molar-refractivity contribution in [2.24, 2.45) is 0 Å². The summed E-state index contributed by atoms with van der Waals surface area (Å²) in [5.74, 6) is 0.552. The zero-order chi connectivity index (χ0) is 12.4. The lowest BCUT2D eigenvalue weighted by atomic mass is 9.97. The van der Waals surface area contributed by atoms with Crippen LogP contribution in [0.2, 0.25) is 5.02 Å². The highest BCUT2D eigenvalue weighted by molar-refractivity contribution is 6.31. The fourth-order valence-electron chi connectivity index (χ4n) is 1.85. The predicted molar refractivity (Wildman–Crippen MR) is 75.7 cm³/mol. The molecule has 0 heterocycles. The van der Waals surface area contributed by atoms with Crippen molar-refractivity contribution in [3.8, 4) is 11.1 Å². The average Bonchev–Trinajstić information content (AvgIpc) is 2.33. The molecule has 2 rings (SSSR count). The van der Waals surface area contributed by atoms with E-state index in [4.69, 9.17) is 11.6 Å². The van der Waals surface area contributed by atoms with E-state index in [0.29, 0.717) is 5.92 Å². The topological polar surface area (TPSA) is 0 Å². The Labute approximate surface area is 108 Å². The van der Waals surface area contributed by atoms with E-state index in [2.05, 4.69) is 50.2 Å². The monoisotopic (exact) mass is 244 g/mol. The molecule has 0 fully saturated rings. The van der Waals surface area contributed by atoms with E-state index < -0.39 is 0 Å². The van der Waals surface area contributed by atoms with Crippen molar-refractivity contribution in [2.45, 2.75) is 26.7 Å². The minimum atomic E-state index is 0.552. The SMILES string of the molecule is Cc1ccc(-c2cccc(C(C)C)c2)cc1Cl. The van der Waals surface area contributed by atoms with Crippen LogP contribution < -0.4 is 0 Å². The van der Waals surface area contributed by atoms with Gasteiger partial charge in [-0.2, -0.15) is 0 Å². The van der Waals surface area contributed by atoms with Crippen LogP contribution >= 0.6 is 11.6 Å². The van der Waals surface area contributed by atoms with Gasteiger partial charge >= 0.3 is 0 Å². The first-order valence-corrected chi connectivity index (χ1v) is 6.32. The number of rotatable bonds is 2. The van der Waals surface area contributed by atoms with Gasteiger partial charge in [0, 0.05) is 5.02 Å². The molecule has 0 radical (unpaired) electrons. The lowest BCUT2D eigenvalue weighted by Crippen LogP contribution is -1.88. The van der Waals surface area contributed by atoms with Crippen LogP contribution in [0.25, 0.3) is 11.1 Å². The molecule has 88 valence electrons. The maximum Gasteiger partial charge on any atom is 0.0441 e. The molecule has 0 saturated heterocycles. The highest BCUT2D eigenvalue weighted by Gasteiger charge is 2.04. The summed E-state index contributed by atoms with van der Waals surface area (Å²) in [6.07, 6.45) is 0. The summed E-state index contributed by atoms with van der Waals surface area (Å²) in [6, 6.07) is 14.9. The number of halogens is 1. The standard InChI is InChI=1S/C16H17Cl/c1-11(2)13-5-4-6-14(9-13)15-8-7-12(3)16(17)10-15/h4-11H,1-3H3. The van der Waals surface area contributed by atoms with Crippen LogP contribution in [0.1, 0.15) is 30.9 Å². The molecular formula is C16H17Cl. The molecule has 2 aromatic carbocycles. The quantitative estimate of drug-likeness (QED) is 0.660. The molecule has 0 atom stereocenters. The molecular weight excluding hydrogens is 228 g/mol. The van der Waals surface area contributed by atoms with Crippen LogP contribution in [0, 0.1) is 6.92 Å². The molecule has 0 aliphatic heterocycles. The van der Waals surface area contributed by atoms with Gasteiger partial charge in [-0.3, -0.25) is 0 Å². The van der Waals surface area contributed by atoms with Gasteiger partial charge in [0.15, 0.2) is 0 Å². The number of hydrogen-bond donors (Lipinski definition) is 0. The summed E-state index contributed by atoms with van der Waals surface area (Å²) in [5, 5.41) is 0.831. The van der Waals surface area contributed by atoms with E-state index in [1.807, 2.05) is 13.0 Å². The van der Waals surface area contributed by atoms with E-state index in [1.54, 1.807) is 0 Å². The Kier molecular flexibility index (Phi) is 3.54. The van der Waals surface area contributed by atoms with Crippen molar-refractivity contribution in [3.63, 3.8) is 0 Å². The van der Waals surface area contributed by atoms with E-state index in [1.165, 1.54) is 16.7 Å². The second-order valence-corrected chi connectivity index (χ2v) is 5.15. The molecule has 0 nitrogen and oxygen atoms in total. The van der Waals surface area contributed by atoms with Gasteiger partial charge in [-0.25, -0.2) is 0 Å². The van der Waals surface area contributed by atoms with E-state index in [9.17, 15) is 0 Å². The average molecular weight is 245 g/mol. The predicted octanol–water partition coefficient (Wildman–Crippen LogP) is 5.44. The van der Waals surface area contributed by atoms with Crippen molar-refractivity contribution in [3.05, 3.63) is 58.6 Å². The Morgan fingerprint density at radius 3 is 2.29 bits per heavy atom. The Bertz CT molecular complexity index is 527. The largest absolute Gasteiger partial charge is 0.0840 e. The Morgan fingerprint density at radius 1 is 0.941 bits per heavy atom. The normalized spacial score (nSPS) is 10.9. The molecule has 0 aliphatic rings. The Hall–Kier alpha value is -1.27. The molecule has 0 aliphatic carbocycles. The zero-order valence-electron chi connectivity index (χ0n) is 10.5. The molecule has 17 heavy (non-hydrogen) atoms. The summed E-state index contributed by atoms with van der Waals surface area (Å²) in [7, 11) is 0. The second-order valence-electron chi connectivity index (χ2n) is 4.74. The van der Waals surface area contributed by atoms with Crippen molar-refractivity contribution in [1.29, 1.82) is 0 Å². The van der Waals surface area contributed by atoms with Crippen LogP contribution in [0.4, 0.5) is 0 Å². The highest BCUT2D eigenvalue weighted by atomic mass is 35.5. The first-order chi connectivity index (χ1) is 8.08. The number of benzene rings is 2. The van der Waals surface area contributed by atoms with Crippen molar-refractivity contribution < 1.29 is 0 Å². The van der Waals surface area contributed by atoms with E-state index in [-0.39, 0.29) is 0 Å². The van der Waals surface area contributed by atoms with Crippen molar-refractivity contribution in [2.75, 3.05) is 0 Å². The van der Waals surface area contributed by atoms with Crippen LogP contribution in [-0.2, 0) is 0 Å². The van der Waals surface area contributed by atoms with Gasteiger partial charge in [-0.15, -0.1) is 0 Å². The van der Waals surface area contributed by atoms with Crippen molar-refractivity contribution in [1.82, 2.24) is 0 Å². The lowest BCUT2D eigenvalue weighted by molar-refractivity contribution is 0.867. The van der Waals surface area contributed by atoms with Gasteiger partial charge < -0.3 is 0 Å². The fraction of sp³-hybridized carbons (Fsp3) is 0.250. The summed E-state index contributed by atoms with van der Waals surface area (Å²) in [5.41, 5.74) is 4.90. The molecule has 0 aromatic heterocycles. The molecule has 1 heteroatoms. The maximum absolute atomic E-state index is 6.17. The van der Waals surface area contributed by atoms with Crippen LogP contribution in [0.5, 0.6) is 0 Å². The number of aryl methyl sites for hydroxylation is 1. The van der Waals surface area contributed by atoms with Gasteiger partial charge in [0.1, 0.15) is 0 Å². The lowest BCUT2D eigenvalue weighted by Gasteiger charge is -2.09. The molecule has 2 aromatic rings. The molecule has 0 amide bonds. The first-order valence-electron chi connectivity index (χ1n) is 5.94. The van der Waals surface area contributed by atoms with Gasteiger partial charge in [-0.1, -0.05) is 61.8 Å². The third-order valence-electron chi connectivity index (χ3n) is 3.06. The van der Waals surface area contributed by atoms with Gasteiger partial charge in [0.2, 0.25) is 0 Å². The molecule has 0 unspecified atom stereocenters. The van der Waals surface area contributed by atoms with Gasteiger partial charge in [0.05, 0.1) is 0 Å².